The van der Waals surface area contributed by atoms with Crippen LogP contribution in [0, 0.1) is 0 Å². The first-order valence-corrected chi connectivity index (χ1v) is 10.3. The minimum Gasteiger partial charge on any atom is -0.493 e. The van der Waals surface area contributed by atoms with Crippen LogP contribution in [-0.2, 0) is 11.2 Å². The normalized spacial score (nSPS) is 10.5. The molecule has 0 saturated carbocycles. The van der Waals surface area contributed by atoms with Crippen molar-refractivity contribution in [2.24, 2.45) is 0 Å². The van der Waals surface area contributed by atoms with E-state index < -0.39 is 0 Å². The van der Waals surface area contributed by atoms with Crippen molar-refractivity contribution < 1.29 is 23.7 Å². The van der Waals surface area contributed by atoms with Crippen LogP contribution in [0.2, 0.25) is 0 Å². The summed E-state index contributed by atoms with van der Waals surface area (Å²) < 4.78 is 21.5. The first kappa shape index (κ1) is 23.1. The lowest BCUT2D eigenvalue weighted by Gasteiger charge is -2.11. The van der Waals surface area contributed by atoms with Gasteiger partial charge in [-0.05, 0) is 35.9 Å². The molecule has 1 N–H and O–H groups in total. The van der Waals surface area contributed by atoms with Crippen molar-refractivity contribution >= 4 is 5.91 Å². The lowest BCUT2D eigenvalue weighted by Crippen LogP contribution is -2.26. The van der Waals surface area contributed by atoms with Crippen LogP contribution in [0.25, 0.3) is 11.3 Å². The Bertz CT molecular complexity index is 1040. The highest BCUT2D eigenvalue weighted by Gasteiger charge is 2.09. The topological polar surface area (TPSA) is 78.9 Å². The van der Waals surface area contributed by atoms with E-state index in [2.05, 4.69) is 10.3 Å². The van der Waals surface area contributed by atoms with E-state index in [-0.39, 0.29) is 5.91 Å². The third-order valence-electron chi connectivity index (χ3n) is 4.82. The Balaban J connectivity index is 1.63. The van der Waals surface area contributed by atoms with Gasteiger partial charge in [0.2, 0.25) is 5.88 Å². The number of carbonyl (C=O) groups excluding carboxylic acids is 1. The molecule has 1 heterocycles. The molecular weight excluding hydrogens is 408 g/mol. The summed E-state index contributed by atoms with van der Waals surface area (Å²) in [5.74, 6) is 1.77. The molecule has 0 aliphatic carbocycles. The molecule has 1 amide bonds. The van der Waals surface area contributed by atoms with Gasteiger partial charge in [0, 0.05) is 37.3 Å². The SMILES string of the molecule is COCCNC(=O)c1cccc(-c2cccc(OCCc3ccc(OC)c(OC)c3)n2)c1. The van der Waals surface area contributed by atoms with Crippen molar-refractivity contribution in [1.29, 1.82) is 0 Å². The fraction of sp³-hybridized carbons (Fsp3) is 0.280. The molecule has 0 saturated heterocycles. The van der Waals surface area contributed by atoms with Crippen LogP contribution in [-0.4, -0.2) is 52.0 Å². The maximum Gasteiger partial charge on any atom is 0.251 e. The zero-order valence-electron chi connectivity index (χ0n) is 18.6. The van der Waals surface area contributed by atoms with Gasteiger partial charge in [0.1, 0.15) is 0 Å². The molecule has 0 atom stereocenters. The first-order valence-electron chi connectivity index (χ1n) is 10.3. The predicted octanol–water partition coefficient (Wildman–Crippen LogP) is 3.76. The number of amides is 1. The molecule has 0 spiro atoms. The average Bonchev–Trinajstić information content (AvgIpc) is 2.84. The Morgan fingerprint density at radius 3 is 2.50 bits per heavy atom. The summed E-state index contributed by atoms with van der Waals surface area (Å²) in [7, 11) is 4.83. The van der Waals surface area contributed by atoms with E-state index in [0.717, 1.165) is 16.8 Å². The highest BCUT2D eigenvalue weighted by atomic mass is 16.5. The molecule has 0 radical (unpaired) electrons. The summed E-state index contributed by atoms with van der Waals surface area (Å²) in [6.07, 6.45) is 0.698. The van der Waals surface area contributed by atoms with Gasteiger partial charge in [-0.1, -0.05) is 24.3 Å². The number of pyridine rings is 1. The van der Waals surface area contributed by atoms with Crippen LogP contribution in [0.5, 0.6) is 17.4 Å². The van der Waals surface area contributed by atoms with Crippen LogP contribution in [0.4, 0.5) is 0 Å². The van der Waals surface area contributed by atoms with E-state index in [9.17, 15) is 4.79 Å². The van der Waals surface area contributed by atoms with Crippen LogP contribution >= 0.6 is 0 Å². The predicted molar refractivity (Wildman–Crippen MR) is 123 cm³/mol. The standard InChI is InChI=1S/C25H28N2O5/c1-29-15-13-26-25(28)20-7-4-6-19(17-20)21-8-5-9-24(27-21)32-14-12-18-10-11-22(30-2)23(16-18)31-3/h4-11,16-17H,12-15H2,1-3H3,(H,26,28). The molecule has 7 heteroatoms. The molecule has 3 rings (SSSR count). The van der Waals surface area contributed by atoms with E-state index in [1.807, 2.05) is 54.6 Å². The summed E-state index contributed by atoms with van der Waals surface area (Å²) in [6.45, 7) is 1.39. The largest absolute Gasteiger partial charge is 0.493 e. The van der Waals surface area contributed by atoms with Crippen molar-refractivity contribution in [3.05, 3.63) is 71.8 Å². The fourth-order valence-electron chi connectivity index (χ4n) is 3.15. The van der Waals surface area contributed by atoms with Crippen molar-refractivity contribution in [2.75, 3.05) is 41.1 Å². The second kappa shape index (κ2) is 11.7. The number of ether oxygens (including phenoxy) is 4. The van der Waals surface area contributed by atoms with E-state index in [1.165, 1.54) is 0 Å². The van der Waals surface area contributed by atoms with Crippen molar-refractivity contribution in [3.8, 4) is 28.6 Å². The highest BCUT2D eigenvalue weighted by Crippen LogP contribution is 2.28. The summed E-state index contributed by atoms with van der Waals surface area (Å²) in [4.78, 5) is 16.9. The number of aromatic nitrogens is 1. The minimum absolute atomic E-state index is 0.147. The zero-order chi connectivity index (χ0) is 22.8. The smallest absolute Gasteiger partial charge is 0.251 e. The third kappa shape index (κ3) is 6.21. The maximum atomic E-state index is 12.3. The van der Waals surface area contributed by atoms with Crippen molar-refractivity contribution in [1.82, 2.24) is 10.3 Å². The fourth-order valence-corrected chi connectivity index (χ4v) is 3.15. The average molecular weight is 437 g/mol. The molecule has 1 aromatic heterocycles. The molecule has 0 fully saturated rings. The lowest BCUT2D eigenvalue weighted by molar-refractivity contribution is 0.0937. The second-order valence-electron chi connectivity index (χ2n) is 6.98. The van der Waals surface area contributed by atoms with Gasteiger partial charge in [-0.15, -0.1) is 0 Å². The second-order valence-corrected chi connectivity index (χ2v) is 6.98. The summed E-state index contributed by atoms with van der Waals surface area (Å²) >= 11 is 0. The summed E-state index contributed by atoms with van der Waals surface area (Å²) in [6, 6.07) is 18.8. The van der Waals surface area contributed by atoms with Crippen molar-refractivity contribution in [2.45, 2.75) is 6.42 Å². The quantitative estimate of drug-likeness (QED) is 0.461. The van der Waals surface area contributed by atoms with Gasteiger partial charge in [-0.2, -0.15) is 0 Å². The zero-order valence-corrected chi connectivity index (χ0v) is 18.6. The van der Waals surface area contributed by atoms with E-state index in [1.54, 1.807) is 27.4 Å². The molecule has 0 bridgehead atoms. The highest BCUT2D eigenvalue weighted by molar-refractivity contribution is 5.95. The molecule has 0 unspecified atom stereocenters. The van der Waals surface area contributed by atoms with Gasteiger partial charge in [-0.25, -0.2) is 4.98 Å². The number of hydrogen-bond acceptors (Lipinski definition) is 6. The molecule has 168 valence electrons. The number of carbonyl (C=O) groups is 1. The van der Waals surface area contributed by atoms with Crippen LogP contribution in [0.15, 0.2) is 60.7 Å². The Morgan fingerprint density at radius 2 is 1.72 bits per heavy atom. The third-order valence-corrected chi connectivity index (χ3v) is 4.82. The number of nitrogens with zero attached hydrogens (tertiary/aromatic N) is 1. The molecular formula is C25H28N2O5. The number of benzene rings is 2. The molecule has 3 aromatic rings. The van der Waals surface area contributed by atoms with Gasteiger partial charge in [0.05, 0.1) is 33.1 Å². The van der Waals surface area contributed by atoms with Crippen molar-refractivity contribution in [3.63, 3.8) is 0 Å². The van der Waals surface area contributed by atoms with E-state index in [0.29, 0.717) is 49.1 Å². The van der Waals surface area contributed by atoms with Crippen LogP contribution in [0.3, 0.4) is 0 Å². The minimum atomic E-state index is -0.147. The number of nitrogens with one attached hydrogen (secondary N) is 1. The van der Waals surface area contributed by atoms with Gasteiger partial charge in [0.25, 0.3) is 5.91 Å². The number of hydrogen-bond donors (Lipinski definition) is 1. The molecule has 2 aromatic carbocycles. The molecule has 7 nitrogen and oxygen atoms in total. The molecule has 0 aliphatic rings. The number of rotatable bonds is 11. The first-order chi connectivity index (χ1) is 15.6. The number of methoxy groups -OCH3 is 3. The van der Waals surface area contributed by atoms with Gasteiger partial charge < -0.3 is 24.3 Å². The van der Waals surface area contributed by atoms with Gasteiger partial charge in [-0.3, -0.25) is 4.79 Å². The lowest BCUT2D eigenvalue weighted by atomic mass is 10.1. The maximum absolute atomic E-state index is 12.3. The Kier molecular flexibility index (Phi) is 8.45. The van der Waals surface area contributed by atoms with Gasteiger partial charge >= 0.3 is 0 Å². The summed E-state index contributed by atoms with van der Waals surface area (Å²) in [5, 5.41) is 2.82. The molecule has 32 heavy (non-hydrogen) atoms. The van der Waals surface area contributed by atoms with Crippen LogP contribution < -0.4 is 19.5 Å². The van der Waals surface area contributed by atoms with Gasteiger partial charge in [0.15, 0.2) is 11.5 Å². The summed E-state index contributed by atoms with van der Waals surface area (Å²) in [5.41, 5.74) is 3.22. The Labute approximate surface area is 188 Å². The van der Waals surface area contributed by atoms with E-state index >= 15 is 0 Å². The Hall–Kier alpha value is -3.58. The Morgan fingerprint density at radius 1 is 0.906 bits per heavy atom. The monoisotopic (exact) mass is 436 g/mol. The molecule has 0 aliphatic heterocycles. The van der Waals surface area contributed by atoms with E-state index in [4.69, 9.17) is 18.9 Å². The van der Waals surface area contributed by atoms with Crippen LogP contribution in [0.1, 0.15) is 15.9 Å².